The third-order valence-electron chi connectivity index (χ3n) is 4.40. The van der Waals surface area contributed by atoms with Crippen LogP contribution < -0.4 is 10.6 Å². The van der Waals surface area contributed by atoms with Gasteiger partial charge in [-0.2, -0.15) is 0 Å². The molecule has 1 heterocycles. The monoisotopic (exact) mass is 435 g/mol. The van der Waals surface area contributed by atoms with Crippen LogP contribution in [0, 0.1) is 10.1 Å². The van der Waals surface area contributed by atoms with E-state index in [9.17, 15) is 19.7 Å². The summed E-state index contributed by atoms with van der Waals surface area (Å²) in [6.07, 6.45) is 1.74. The molecule has 0 atom stereocenters. The summed E-state index contributed by atoms with van der Waals surface area (Å²) in [6, 6.07) is 17.6. The predicted molar refractivity (Wildman–Crippen MR) is 117 cm³/mol. The number of nitrogens with one attached hydrogen (secondary N) is 2. The lowest BCUT2D eigenvalue weighted by Gasteiger charge is -2.10. The van der Waals surface area contributed by atoms with Crippen molar-refractivity contribution in [2.75, 3.05) is 13.2 Å². The van der Waals surface area contributed by atoms with Crippen molar-refractivity contribution in [2.24, 2.45) is 0 Å². The summed E-state index contributed by atoms with van der Waals surface area (Å²) in [5.74, 6) is -0.378. The van der Waals surface area contributed by atoms with Crippen molar-refractivity contribution < 1.29 is 24.0 Å². The lowest BCUT2D eigenvalue weighted by Crippen LogP contribution is -2.35. The lowest BCUT2D eigenvalue weighted by atomic mass is 10.1. The van der Waals surface area contributed by atoms with E-state index in [4.69, 9.17) is 9.52 Å². The van der Waals surface area contributed by atoms with Gasteiger partial charge in [0.1, 0.15) is 17.2 Å². The van der Waals surface area contributed by atoms with E-state index < -0.39 is 16.7 Å². The molecule has 1 aromatic heterocycles. The number of nitro groups is 1. The maximum absolute atomic E-state index is 12.6. The van der Waals surface area contributed by atoms with Gasteiger partial charge < -0.3 is 20.2 Å². The Morgan fingerprint density at radius 3 is 2.56 bits per heavy atom. The number of amides is 2. The van der Waals surface area contributed by atoms with Crippen LogP contribution in [0.2, 0.25) is 0 Å². The fraction of sp³-hybridized carbons (Fsp3) is 0.130. The number of benzene rings is 2. The number of carbonyl (C=O) groups excluding carboxylic acids is 2. The Labute approximate surface area is 183 Å². The van der Waals surface area contributed by atoms with E-state index in [-0.39, 0.29) is 30.3 Å². The van der Waals surface area contributed by atoms with Gasteiger partial charge in [0.2, 0.25) is 0 Å². The Kier molecular flexibility index (Phi) is 7.50. The second-order valence-electron chi connectivity index (χ2n) is 6.72. The summed E-state index contributed by atoms with van der Waals surface area (Å²) in [4.78, 5) is 35.6. The SMILES string of the molecule is O=C(NCCCO)C(=Cc1ccc(-c2cccc([N+](=O)[O-])c2)o1)NC(=O)c1ccccc1. The molecule has 0 unspecified atom stereocenters. The first-order chi connectivity index (χ1) is 15.5. The largest absolute Gasteiger partial charge is 0.457 e. The molecule has 0 fully saturated rings. The number of nitro benzene ring substituents is 1. The quantitative estimate of drug-likeness (QED) is 0.205. The van der Waals surface area contributed by atoms with Crippen molar-refractivity contribution in [2.45, 2.75) is 6.42 Å². The summed E-state index contributed by atoms with van der Waals surface area (Å²) >= 11 is 0. The van der Waals surface area contributed by atoms with E-state index in [0.29, 0.717) is 23.3 Å². The van der Waals surface area contributed by atoms with Gasteiger partial charge in [0.05, 0.1) is 4.92 Å². The van der Waals surface area contributed by atoms with Crippen LogP contribution in [0.3, 0.4) is 0 Å². The van der Waals surface area contributed by atoms with Crippen molar-refractivity contribution in [1.29, 1.82) is 0 Å². The van der Waals surface area contributed by atoms with Crippen molar-refractivity contribution >= 4 is 23.6 Å². The molecule has 0 aliphatic carbocycles. The molecule has 0 saturated carbocycles. The first kappa shape index (κ1) is 22.4. The zero-order valence-corrected chi connectivity index (χ0v) is 17.0. The van der Waals surface area contributed by atoms with Crippen LogP contribution in [-0.4, -0.2) is 35.0 Å². The average molecular weight is 435 g/mol. The smallest absolute Gasteiger partial charge is 0.270 e. The number of nitrogens with zero attached hydrogens (tertiary/aromatic N) is 1. The van der Waals surface area contributed by atoms with Crippen LogP contribution in [0.15, 0.2) is 76.8 Å². The van der Waals surface area contributed by atoms with E-state index in [2.05, 4.69) is 10.6 Å². The number of non-ortho nitro benzene ring substituents is 1. The van der Waals surface area contributed by atoms with Crippen molar-refractivity contribution in [1.82, 2.24) is 10.6 Å². The molecule has 0 aliphatic heterocycles. The second kappa shape index (κ2) is 10.7. The Morgan fingerprint density at radius 1 is 1.06 bits per heavy atom. The van der Waals surface area contributed by atoms with Gasteiger partial charge in [-0.3, -0.25) is 19.7 Å². The number of hydrogen-bond donors (Lipinski definition) is 3. The number of hydrogen-bond acceptors (Lipinski definition) is 6. The molecular formula is C23H21N3O6. The maximum Gasteiger partial charge on any atom is 0.270 e. The van der Waals surface area contributed by atoms with Gasteiger partial charge in [-0.05, 0) is 30.7 Å². The van der Waals surface area contributed by atoms with Gasteiger partial charge >= 0.3 is 0 Å². The molecule has 0 radical (unpaired) electrons. The molecule has 9 nitrogen and oxygen atoms in total. The fourth-order valence-electron chi connectivity index (χ4n) is 2.82. The molecule has 32 heavy (non-hydrogen) atoms. The molecule has 2 amide bonds. The van der Waals surface area contributed by atoms with E-state index in [1.54, 1.807) is 54.6 Å². The van der Waals surface area contributed by atoms with Crippen LogP contribution in [0.25, 0.3) is 17.4 Å². The van der Waals surface area contributed by atoms with Crippen LogP contribution >= 0.6 is 0 Å². The van der Waals surface area contributed by atoms with E-state index >= 15 is 0 Å². The normalized spacial score (nSPS) is 11.1. The predicted octanol–water partition coefficient (Wildman–Crippen LogP) is 3.12. The standard InChI is InChI=1S/C23H21N3O6/c27-13-5-12-24-23(29)20(25-22(28)16-6-2-1-3-7-16)15-19-10-11-21(32-19)17-8-4-9-18(14-17)26(30)31/h1-4,6-11,14-15,27H,5,12-13H2,(H,24,29)(H,25,28). The number of aliphatic hydroxyl groups is 1. The Morgan fingerprint density at radius 2 is 1.84 bits per heavy atom. The maximum atomic E-state index is 12.6. The summed E-state index contributed by atoms with van der Waals surface area (Å²) in [7, 11) is 0. The second-order valence-corrected chi connectivity index (χ2v) is 6.72. The number of rotatable bonds is 9. The molecule has 0 spiro atoms. The summed E-state index contributed by atoms with van der Waals surface area (Å²) < 4.78 is 5.73. The van der Waals surface area contributed by atoms with Gasteiger partial charge in [0, 0.05) is 42.5 Å². The van der Waals surface area contributed by atoms with Crippen LogP contribution in [0.5, 0.6) is 0 Å². The fourth-order valence-corrected chi connectivity index (χ4v) is 2.82. The third kappa shape index (κ3) is 5.89. The van der Waals surface area contributed by atoms with Gasteiger partial charge in [-0.15, -0.1) is 0 Å². The molecule has 3 N–H and O–H groups in total. The highest BCUT2D eigenvalue weighted by atomic mass is 16.6. The number of aliphatic hydroxyl groups excluding tert-OH is 1. The number of carbonyl (C=O) groups is 2. The van der Waals surface area contributed by atoms with Crippen molar-refractivity contribution in [3.63, 3.8) is 0 Å². The van der Waals surface area contributed by atoms with Crippen molar-refractivity contribution in [3.8, 4) is 11.3 Å². The molecule has 3 aromatic rings. The van der Waals surface area contributed by atoms with E-state index in [1.807, 2.05) is 0 Å². The molecule has 0 aliphatic rings. The lowest BCUT2D eigenvalue weighted by molar-refractivity contribution is -0.384. The molecule has 0 saturated heterocycles. The zero-order chi connectivity index (χ0) is 22.9. The minimum atomic E-state index is -0.545. The average Bonchev–Trinajstić information content (AvgIpc) is 3.28. The number of furan rings is 1. The Bertz CT molecular complexity index is 1140. The third-order valence-corrected chi connectivity index (χ3v) is 4.40. The highest BCUT2D eigenvalue weighted by Gasteiger charge is 2.16. The van der Waals surface area contributed by atoms with Gasteiger partial charge in [0.25, 0.3) is 17.5 Å². The molecule has 164 valence electrons. The van der Waals surface area contributed by atoms with E-state index in [0.717, 1.165) is 0 Å². The molecule has 3 rings (SSSR count). The minimum Gasteiger partial charge on any atom is -0.457 e. The van der Waals surface area contributed by atoms with Gasteiger partial charge in [0.15, 0.2) is 0 Å². The van der Waals surface area contributed by atoms with Crippen LogP contribution in [0.4, 0.5) is 5.69 Å². The van der Waals surface area contributed by atoms with Crippen LogP contribution in [-0.2, 0) is 4.79 Å². The molecule has 2 aromatic carbocycles. The van der Waals surface area contributed by atoms with E-state index in [1.165, 1.54) is 18.2 Å². The molecular weight excluding hydrogens is 414 g/mol. The first-order valence-corrected chi connectivity index (χ1v) is 9.80. The highest BCUT2D eigenvalue weighted by molar-refractivity contribution is 6.05. The zero-order valence-electron chi connectivity index (χ0n) is 17.0. The summed E-state index contributed by atoms with van der Waals surface area (Å²) in [5, 5.41) is 25.1. The molecule has 0 bridgehead atoms. The summed E-state index contributed by atoms with van der Waals surface area (Å²) in [5.41, 5.74) is 0.756. The Hall–Kier alpha value is -4.24. The van der Waals surface area contributed by atoms with Gasteiger partial charge in [-0.1, -0.05) is 30.3 Å². The topological polar surface area (TPSA) is 135 Å². The van der Waals surface area contributed by atoms with Gasteiger partial charge in [-0.25, -0.2) is 0 Å². The molecule has 9 heteroatoms. The van der Waals surface area contributed by atoms with Crippen molar-refractivity contribution in [3.05, 3.63) is 93.9 Å². The summed E-state index contributed by atoms with van der Waals surface area (Å²) in [6.45, 7) is 0.144. The highest BCUT2D eigenvalue weighted by Crippen LogP contribution is 2.26. The Balaban J connectivity index is 1.86. The minimum absolute atomic E-state index is 0.0447. The first-order valence-electron chi connectivity index (χ1n) is 9.80. The van der Waals surface area contributed by atoms with Crippen LogP contribution in [0.1, 0.15) is 22.5 Å².